The first-order valence-electron chi connectivity index (χ1n) is 16.7. The summed E-state index contributed by atoms with van der Waals surface area (Å²) >= 11 is 1.72. The largest absolute Gasteiger partial charge is 0.497 e. The van der Waals surface area contributed by atoms with Crippen LogP contribution in [0.1, 0.15) is 0 Å². The molecule has 0 saturated heterocycles. The van der Waals surface area contributed by atoms with Gasteiger partial charge in [-0.15, -0.1) is 11.8 Å². The second kappa shape index (κ2) is 17.7. The van der Waals surface area contributed by atoms with Gasteiger partial charge in [-0.2, -0.15) is 0 Å². The molecule has 0 aliphatic heterocycles. The van der Waals surface area contributed by atoms with E-state index < -0.39 is 0 Å². The van der Waals surface area contributed by atoms with Gasteiger partial charge in [0.1, 0.15) is 28.7 Å². The summed E-state index contributed by atoms with van der Waals surface area (Å²) in [6.07, 6.45) is 0. The zero-order valence-corrected chi connectivity index (χ0v) is 30.4. The van der Waals surface area contributed by atoms with Gasteiger partial charge in [0.05, 0.1) is 46.4 Å². The summed E-state index contributed by atoms with van der Waals surface area (Å²) in [4.78, 5) is 1.09. The van der Waals surface area contributed by atoms with Gasteiger partial charge in [0.2, 0.25) is 0 Å². The average molecular weight is 715 g/mol. The van der Waals surface area contributed by atoms with Crippen LogP contribution >= 0.6 is 11.8 Å². The third-order valence-electron chi connectivity index (χ3n) is 8.05. The van der Waals surface area contributed by atoms with E-state index in [1.165, 1.54) is 0 Å². The Morgan fingerprint density at radius 3 is 1.21 bits per heavy atom. The lowest BCUT2D eigenvalue weighted by atomic mass is 10.2. The summed E-state index contributed by atoms with van der Waals surface area (Å²) in [6, 6.07) is 43.7. The number of ether oxygens (including phenoxy) is 5. The Morgan fingerprint density at radius 2 is 0.769 bits per heavy atom. The van der Waals surface area contributed by atoms with Gasteiger partial charge in [-0.1, -0.05) is 0 Å². The van der Waals surface area contributed by atoms with Crippen molar-refractivity contribution < 1.29 is 23.7 Å². The normalized spacial score (nSPS) is 10.5. The minimum atomic E-state index is 0.487. The lowest BCUT2D eigenvalue weighted by Gasteiger charge is -2.17. The number of methoxy groups -OCH3 is 4. The van der Waals surface area contributed by atoms with Crippen LogP contribution in [0.25, 0.3) is 0 Å². The van der Waals surface area contributed by atoms with E-state index in [4.69, 9.17) is 23.7 Å². The van der Waals surface area contributed by atoms with Gasteiger partial charge in [0, 0.05) is 44.8 Å². The molecule has 4 N–H and O–H groups in total. The number of anilines is 8. The highest BCUT2D eigenvalue weighted by Crippen LogP contribution is 2.36. The number of hydrogen-bond donors (Lipinski definition) is 4. The Labute approximate surface area is 309 Å². The molecule has 0 aliphatic carbocycles. The maximum Gasteiger partial charge on any atom is 0.142 e. The van der Waals surface area contributed by atoms with Gasteiger partial charge >= 0.3 is 0 Å². The maximum absolute atomic E-state index is 6.41. The van der Waals surface area contributed by atoms with Gasteiger partial charge in [0.25, 0.3) is 0 Å². The molecule has 52 heavy (non-hydrogen) atoms. The molecule has 0 amide bonds. The monoisotopic (exact) mass is 714 g/mol. The van der Waals surface area contributed by atoms with Crippen LogP contribution in [0.3, 0.4) is 0 Å². The average Bonchev–Trinajstić information content (AvgIpc) is 3.19. The molecule has 6 rings (SSSR count). The van der Waals surface area contributed by atoms with E-state index in [0.29, 0.717) is 6.61 Å². The molecule has 0 bridgehead atoms. The van der Waals surface area contributed by atoms with Crippen molar-refractivity contribution in [2.45, 2.75) is 4.90 Å². The van der Waals surface area contributed by atoms with Crippen LogP contribution in [0, 0.1) is 0 Å². The van der Waals surface area contributed by atoms with E-state index in [9.17, 15) is 0 Å². The first-order valence-corrected chi connectivity index (χ1v) is 17.7. The smallest absolute Gasteiger partial charge is 0.142 e. The van der Waals surface area contributed by atoms with Gasteiger partial charge in [-0.25, -0.2) is 0 Å². The van der Waals surface area contributed by atoms with Crippen LogP contribution < -0.4 is 45.0 Å². The fourth-order valence-corrected chi connectivity index (χ4v) is 6.12. The van der Waals surface area contributed by atoms with Crippen molar-refractivity contribution in [1.82, 2.24) is 0 Å². The molecule has 0 atom stereocenters. The number of rotatable bonds is 17. The van der Waals surface area contributed by atoms with Crippen LogP contribution in [0.15, 0.2) is 138 Å². The maximum atomic E-state index is 6.41. The molecule has 0 fully saturated rings. The molecule has 0 saturated carbocycles. The summed E-state index contributed by atoms with van der Waals surface area (Å²) < 4.78 is 27.7. The summed E-state index contributed by atoms with van der Waals surface area (Å²) in [5.41, 5.74) is 7.48. The molecular weight excluding hydrogens is 673 g/mol. The Bertz CT molecular complexity index is 1880. The summed E-state index contributed by atoms with van der Waals surface area (Å²) in [7, 11) is 6.65. The molecule has 9 nitrogen and oxygen atoms in total. The predicted molar refractivity (Wildman–Crippen MR) is 214 cm³/mol. The number of nitrogens with one attached hydrogen (secondary N) is 4. The quantitative estimate of drug-likeness (QED) is 0.0540. The predicted octanol–water partition coefficient (Wildman–Crippen LogP) is 10.9. The highest BCUT2D eigenvalue weighted by Gasteiger charge is 2.11. The number of thioether (sulfide) groups is 1. The molecule has 6 aromatic carbocycles. The Balaban J connectivity index is 1.17. The molecule has 0 unspecified atom stereocenters. The van der Waals surface area contributed by atoms with E-state index in [1.807, 2.05) is 115 Å². The van der Waals surface area contributed by atoms with E-state index in [-0.39, 0.29) is 0 Å². The zero-order valence-electron chi connectivity index (χ0n) is 29.6. The third kappa shape index (κ3) is 9.76. The van der Waals surface area contributed by atoms with Crippen LogP contribution in [-0.4, -0.2) is 40.8 Å². The summed E-state index contributed by atoms with van der Waals surface area (Å²) in [5.74, 6) is 4.67. The molecule has 0 aromatic heterocycles. The van der Waals surface area contributed by atoms with E-state index in [1.54, 1.807) is 40.2 Å². The second-order valence-electron chi connectivity index (χ2n) is 11.5. The van der Waals surface area contributed by atoms with E-state index in [2.05, 4.69) is 39.5 Å². The van der Waals surface area contributed by atoms with Crippen LogP contribution in [-0.2, 0) is 0 Å². The molecule has 0 heterocycles. The third-order valence-corrected chi connectivity index (χ3v) is 9.09. The summed E-state index contributed by atoms with van der Waals surface area (Å²) in [6.45, 7) is 0.487. The van der Waals surface area contributed by atoms with E-state index >= 15 is 0 Å². The fraction of sp³-hybridized carbons (Fsp3) is 0.143. The van der Waals surface area contributed by atoms with Crippen molar-refractivity contribution in [3.05, 3.63) is 133 Å². The Morgan fingerprint density at radius 1 is 0.404 bits per heavy atom. The number of hydrogen-bond acceptors (Lipinski definition) is 10. The van der Waals surface area contributed by atoms with Crippen molar-refractivity contribution in [2.75, 3.05) is 62.1 Å². The minimum Gasteiger partial charge on any atom is -0.497 e. The molecular formula is C42H42N4O5S. The summed E-state index contributed by atoms with van der Waals surface area (Å²) in [5, 5.41) is 14.1. The van der Waals surface area contributed by atoms with Crippen LogP contribution in [0.2, 0.25) is 0 Å². The van der Waals surface area contributed by atoms with Crippen molar-refractivity contribution in [1.29, 1.82) is 0 Å². The Kier molecular flexibility index (Phi) is 12.1. The van der Waals surface area contributed by atoms with E-state index in [0.717, 1.165) is 84.9 Å². The molecule has 266 valence electrons. The Hall–Kier alpha value is -6.13. The van der Waals surface area contributed by atoms with Crippen LogP contribution in [0.4, 0.5) is 45.5 Å². The van der Waals surface area contributed by atoms with Crippen molar-refractivity contribution in [3.8, 4) is 28.7 Å². The van der Waals surface area contributed by atoms with Crippen molar-refractivity contribution in [3.63, 3.8) is 0 Å². The minimum absolute atomic E-state index is 0.487. The molecule has 6 aromatic rings. The van der Waals surface area contributed by atoms with Gasteiger partial charge in [-0.3, -0.25) is 0 Å². The number of benzene rings is 6. The first kappa shape index (κ1) is 35.7. The first-order chi connectivity index (χ1) is 25.5. The molecule has 0 aliphatic rings. The van der Waals surface area contributed by atoms with Gasteiger partial charge < -0.3 is 45.0 Å². The topological polar surface area (TPSA) is 94.3 Å². The highest BCUT2D eigenvalue weighted by molar-refractivity contribution is 7.99. The highest BCUT2D eigenvalue weighted by atomic mass is 32.2. The fourth-order valence-electron chi connectivity index (χ4n) is 5.31. The van der Waals surface area contributed by atoms with Crippen molar-refractivity contribution in [2.24, 2.45) is 0 Å². The SMILES string of the molecule is COc1ccc(Nc2ccc(OCCSc3ccc(Nc4ccc(OC)cc4)cc3Nc3ccc(OC)cc3)c(Nc3ccc(OC)cc3)c2)cc1. The molecule has 0 spiro atoms. The second-order valence-corrected chi connectivity index (χ2v) is 12.7. The van der Waals surface area contributed by atoms with Gasteiger partial charge in [0.15, 0.2) is 0 Å². The zero-order chi connectivity index (χ0) is 36.1. The lowest BCUT2D eigenvalue weighted by Crippen LogP contribution is -2.04. The van der Waals surface area contributed by atoms with Gasteiger partial charge in [-0.05, 0) is 133 Å². The van der Waals surface area contributed by atoms with Crippen LogP contribution in [0.5, 0.6) is 28.7 Å². The standard InChI is InChI=1S/C42H42N4O5S/c1-47-35-15-5-29(6-16-35)43-33-13-23-41(39(27-33)45-31-9-19-37(49-3)20-10-31)51-25-26-52-42-24-14-34(44-30-7-17-36(48-2)18-8-30)28-40(42)46-32-11-21-38(50-4)22-12-32/h5-24,27-28,43-46H,25-26H2,1-4H3. The lowest BCUT2D eigenvalue weighted by molar-refractivity contribution is 0.346. The molecule has 10 heteroatoms. The van der Waals surface area contributed by atoms with Crippen molar-refractivity contribution >= 4 is 57.3 Å². The molecule has 0 radical (unpaired) electrons.